The van der Waals surface area contributed by atoms with Crippen LogP contribution in [0.3, 0.4) is 0 Å². The van der Waals surface area contributed by atoms with Crippen molar-refractivity contribution in [2.45, 2.75) is 52.0 Å². The van der Waals surface area contributed by atoms with Gasteiger partial charge in [-0.25, -0.2) is 0 Å². The maximum Gasteiger partial charge on any atom is 0.226 e. The van der Waals surface area contributed by atoms with Crippen molar-refractivity contribution in [3.05, 3.63) is 22.4 Å². The first kappa shape index (κ1) is 15.5. The molecule has 0 radical (unpaired) electrons. The molecule has 1 unspecified atom stereocenters. The molecule has 1 amide bonds. The smallest absolute Gasteiger partial charge is 0.226 e. The lowest BCUT2D eigenvalue weighted by Crippen LogP contribution is -2.48. The van der Waals surface area contributed by atoms with E-state index in [4.69, 9.17) is 0 Å². The van der Waals surface area contributed by atoms with E-state index in [9.17, 15) is 4.79 Å². The highest BCUT2D eigenvalue weighted by Crippen LogP contribution is 2.34. The molecule has 1 aliphatic heterocycles. The van der Waals surface area contributed by atoms with Crippen LogP contribution in [-0.4, -0.2) is 19.0 Å². The molecule has 112 valence electrons. The molecule has 2 N–H and O–H groups in total. The summed E-state index contributed by atoms with van der Waals surface area (Å²) in [6, 6.07) is 4.38. The van der Waals surface area contributed by atoms with Gasteiger partial charge in [-0.3, -0.25) is 4.79 Å². The van der Waals surface area contributed by atoms with Crippen molar-refractivity contribution >= 4 is 17.2 Å². The Kier molecular flexibility index (Phi) is 5.61. The van der Waals surface area contributed by atoms with Crippen LogP contribution in [0.5, 0.6) is 0 Å². The molecule has 20 heavy (non-hydrogen) atoms. The van der Waals surface area contributed by atoms with Crippen molar-refractivity contribution < 1.29 is 4.79 Å². The Bertz CT molecular complexity index is 410. The molecule has 4 heteroatoms. The Balaban J connectivity index is 2.07. The van der Waals surface area contributed by atoms with Crippen LogP contribution in [0.15, 0.2) is 17.5 Å². The van der Waals surface area contributed by atoms with E-state index in [0.29, 0.717) is 0 Å². The first-order valence-corrected chi connectivity index (χ1v) is 8.65. The number of hydrogen-bond acceptors (Lipinski definition) is 3. The second-order valence-corrected chi connectivity index (χ2v) is 6.69. The molecular weight excluding hydrogens is 268 g/mol. The predicted molar refractivity (Wildman–Crippen MR) is 84.9 cm³/mol. The SMILES string of the molecule is CCCC(NC(=O)C1(CC)CCNCC1)c1cccs1. The first-order valence-electron chi connectivity index (χ1n) is 7.77. The summed E-state index contributed by atoms with van der Waals surface area (Å²) in [7, 11) is 0. The van der Waals surface area contributed by atoms with Crippen molar-refractivity contribution in [1.82, 2.24) is 10.6 Å². The highest BCUT2D eigenvalue weighted by molar-refractivity contribution is 7.10. The van der Waals surface area contributed by atoms with E-state index in [1.807, 2.05) is 0 Å². The van der Waals surface area contributed by atoms with Crippen LogP contribution in [-0.2, 0) is 4.79 Å². The summed E-state index contributed by atoms with van der Waals surface area (Å²) in [5.74, 6) is 0.258. The average Bonchev–Trinajstić information content (AvgIpc) is 3.01. The van der Waals surface area contributed by atoms with E-state index in [1.165, 1.54) is 4.88 Å². The Morgan fingerprint density at radius 1 is 1.45 bits per heavy atom. The third kappa shape index (κ3) is 3.41. The van der Waals surface area contributed by atoms with Crippen LogP contribution in [0.1, 0.15) is 56.9 Å². The van der Waals surface area contributed by atoms with Crippen LogP contribution in [0.2, 0.25) is 0 Å². The van der Waals surface area contributed by atoms with Crippen molar-refractivity contribution in [3.8, 4) is 0 Å². The Hall–Kier alpha value is -0.870. The molecule has 0 aliphatic carbocycles. The fourth-order valence-electron chi connectivity index (χ4n) is 3.02. The van der Waals surface area contributed by atoms with Gasteiger partial charge in [0.15, 0.2) is 0 Å². The van der Waals surface area contributed by atoms with Crippen LogP contribution in [0.25, 0.3) is 0 Å². The van der Waals surface area contributed by atoms with Gasteiger partial charge in [0.05, 0.1) is 11.5 Å². The fourth-order valence-corrected chi connectivity index (χ4v) is 3.83. The van der Waals surface area contributed by atoms with Gasteiger partial charge >= 0.3 is 0 Å². The minimum Gasteiger partial charge on any atom is -0.348 e. The molecule has 1 aromatic heterocycles. The minimum atomic E-state index is -0.158. The lowest BCUT2D eigenvalue weighted by molar-refractivity contribution is -0.133. The average molecular weight is 294 g/mol. The minimum absolute atomic E-state index is 0.158. The van der Waals surface area contributed by atoms with E-state index in [0.717, 1.165) is 45.2 Å². The summed E-state index contributed by atoms with van der Waals surface area (Å²) in [5.41, 5.74) is -0.158. The molecule has 0 saturated carbocycles. The molecule has 0 aromatic carbocycles. The molecular formula is C16H26N2OS. The number of piperidine rings is 1. The Morgan fingerprint density at radius 3 is 2.75 bits per heavy atom. The second kappa shape index (κ2) is 7.23. The summed E-state index contributed by atoms with van der Waals surface area (Å²) >= 11 is 1.74. The number of thiophene rings is 1. The maximum absolute atomic E-state index is 12.8. The molecule has 1 aliphatic rings. The van der Waals surface area contributed by atoms with Gasteiger partial charge in [-0.1, -0.05) is 26.3 Å². The summed E-state index contributed by atoms with van der Waals surface area (Å²) < 4.78 is 0. The first-order chi connectivity index (χ1) is 9.72. The number of amides is 1. The monoisotopic (exact) mass is 294 g/mol. The van der Waals surface area contributed by atoms with Crippen LogP contribution >= 0.6 is 11.3 Å². The van der Waals surface area contributed by atoms with Crippen molar-refractivity contribution in [2.75, 3.05) is 13.1 Å². The molecule has 0 spiro atoms. The summed E-state index contributed by atoms with van der Waals surface area (Å²) in [6.07, 6.45) is 4.95. The largest absolute Gasteiger partial charge is 0.348 e. The maximum atomic E-state index is 12.8. The molecule has 1 atom stereocenters. The predicted octanol–water partition coefficient (Wildman–Crippen LogP) is 3.49. The molecule has 2 heterocycles. The van der Waals surface area contributed by atoms with Crippen molar-refractivity contribution in [1.29, 1.82) is 0 Å². The van der Waals surface area contributed by atoms with Gasteiger partial charge in [0, 0.05) is 4.88 Å². The highest BCUT2D eigenvalue weighted by Gasteiger charge is 2.38. The number of rotatable bonds is 6. The van der Waals surface area contributed by atoms with E-state index in [2.05, 4.69) is 42.0 Å². The topological polar surface area (TPSA) is 41.1 Å². The zero-order valence-corrected chi connectivity index (χ0v) is 13.4. The fraction of sp³-hybridized carbons (Fsp3) is 0.688. The standard InChI is InChI=1S/C16H26N2OS/c1-3-6-13(14-7-5-12-20-14)18-15(19)16(4-2)8-10-17-11-9-16/h5,7,12-13,17H,3-4,6,8-11H2,1-2H3,(H,18,19). The lowest BCUT2D eigenvalue weighted by Gasteiger charge is -2.36. The molecule has 1 saturated heterocycles. The highest BCUT2D eigenvalue weighted by atomic mass is 32.1. The molecule has 1 fully saturated rings. The van der Waals surface area contributed by atoms with Gasteiger partial charge in [-0.2, -0.15) is 0 Å². The normalized spacial score (nSPS) is 19.5. The van der Waals surface area contributed by atoms with Gasteiger partial charge in [-0.15, -0.1) is 11.3 Å². The molecule has 1 aromatic rings. The van der Waals surface area contributed by atoms with Gasteiger partial charge in [-0.05, 0) is 50.2 Å². The second-order valence-electron chi connectivity index (χ2n) is 5.71. The van der Waals surface area contributed by atoms with Crippen molar-refractivity contribution in [2.24, 2.45) is 5.41 Å². The van der Waals surface area contributed by atoms with Crippen LogP contribution in [0.4, 0.5) is 0 Å². The molecule has 3 nitrogen and oxygen atoms in total. The lowest BCUT2D eigenvalue weighted by atomic mass is 9.75. The van der Waals surface area contributed by atoms with E-state index < -0.39 is 0 Å². The zero-order valence-electron chi connectivity index (χ0n) is 12.6. The molecule has 2 rings (SSSR count). The number of carbonyl (C=O) groups excluding carboxylic acids is 1. The zero-order chi connectivity index (χ0) is 14.4. The van der Waals surface area contributed by atoms with E-state index in [1.54, 1.807) is 11.3 Å². The third-order valence-electron chi connectivity index (χ3n) is 4.49. The number of nitrogens with one attached hydrogen (secondary N) is 2. The van der Waals surface area contributed by atoms with Crippen LogP contribution in [0, 0.1) is 5.41 Å². The number of carbonyl (C=O) groups is 1. The summed E-state index contributed by atoms with van der Waals surface area (Å²) in [5, 5.41) is 8.77. The van der Waals surface area contributed by atoms with Crippen LogP contribution < -0.4 is 10.6 Å². The third-order valence-corrected chi connectivity index (χ3v) is 5.47. The van der Waals surface area contributed by atoms with Crippen molar-refractivity contribution in [3.63, 3.8) is 0 Å². The van der Waals surface area contributed by atoms with E-state index in [-0.39, 0.29) is 17.4 Å². The summed E-state index contributed by atoms with van der Waals surface area (Å²) in [4.78, 5) is 14.1. The summed E-state index contributed by atoms with van der Waals surface area (Å²) in [6.45, 7) is 6.23. The van der Waals surface area contributed by atoms with Gasteiger partial charge in [0.25, 0.3) is 0 Å². The van der Waals surface area contributed by atoms with Gasteiger partial charge < -0.3 is 10.6 Å². The Labute approximate surface area is 126 Å². The molecule has 0 bridgehead atoms. The quantitative estimate of drug-likeness (QED) is 0.843. The van der Waals surface area contributed by atoms with Gasteiger partial charge in [0.2, 0.25) is 5.91 Å². The number of hydrogen-bond donors (Lipinski definition) is 2. The Morgan fingerprint density at radius 2 is 2.20 bits per heavy atom. The van der Waals surface area contributed by atoms with E-state index >= 15 is 0 Å². The van der Waals surface area contributed by atoms with Gasteiger partial charge in [0.1, 0.15) is 0 Å².